The zero-order valence-corrected chi connectivity index (χ0v) is 15.1. The second-order valence-corrected chi connectivity index (χ2v) is 7.42. The number of aromatic nitrogens is 2. The molecule has 1 aliphatic heterocycles. The summed E-state index contributed by atoms with van der Waals surface area (Å²) in [4.78, 5) is 5.08. The van der Waals surface area contributed by atoms with Crippen LogP contribution in [0, 0.1) is 0 Å². The van der Waals surface area contributed by atoms with Crippen LogP contribution in [-0.4, -0.2) is 45.7 Å². The van der Waals surface area contributed by atoms with Crippen LogP contribution in [0.25, 0.3) is 0 Å². The molecule has 2 heterocycles. The van der Waals surface area contributed by atoms with Crippen LogP contribution in [0.4, 0.5) is 0 Å². The molecule has 5 heteroatoms. The molecular formula is C20H28N4O. The molecule has 1 aliphatic carbocycles. The fourth-order valence-electron chi connectivity index (χ4n) is 3.86. The average molecular weight is 340 g/mol. The normalized spacial score (nSPS) is 22.8. The summed E-state index contributed by atoms with van der Waals surface area (Å²) >= 11 is 0. The fraction of sp³-hybridized carbons (Fsp3) is 0.600. The minimum Gasteiger partial charge on any atom is -0.424 e. The van der Waals surface area contributed by atoms with E-state index in [1.165, 1.54) is 24.8 Å². The summed E-state index contributed by atoms with van der Waals surface area (Å²) in [5, 5.41) is 8.57. The maximum absolute atomic E-state index is 5.93. The van der Waals surface area contributed by atoms with Crippen LogP contribution < -0.4 is 0 Å². The van der Waals surface area contributed by atoms with Crippen LogP contribution in [0.15, 0.2) is 34.7 Å². The van der Waals surface area contributed by atoms with Gasteiger partial charge in [0.1, 0.15) is 0 Å². The van der Waals surface area contributed by atoms with Crippen molar-refractivity contribution in [2.45, 2.75) is 57.7 Å². The SMILES string of the molecule is CC[C@@H]1CN(Cc2ccccc2)CCN1Cc1nnc(C2CCC2)o1. The quantitative estimate of drug-likeness (QED) is 0.806. The van der Waals surface area contributed by atoms with Gasteiger partial charge in [0.05, 0.1) is 6.54 Å². The summed E-state index contributed by atoms with van der Waals surface area (Å²) in [6.45, 7) is 7.36. The smallest absolute Gasteiger partial charge is 0.230 e. The molecule has 0 amide bonds. The van der Waals surface area contributed by atoms with E-state index in [1.807, 2.05) is 0 Å². The largest absolute Gasteiger partial charge is 0.424 e. The van der Waals surface area contributed by atoms with Gasteiger partial charge in [0.2, 0.25) is 11.8 Å². The Labute approximate surface area is 150 Å². The van der Waals surface area contributed by atoms with E-state index in [0.717, 1.165) is 50.9 Å². The van der Waals surface area contributed by atoms with Crippen molar-refractivity contribution in [3.05, 3.63) is 47.7 Å². The van der Waals surface area contributed by atoms with E-state index >= 15 is 0 Å². The Morgan fingerprint density at radius 3 is 2.64 bits per heavy atom. The van der Waals surface area contributed by atoms with Crippen molar-refractivity contribution in [3.63, 3.8) is 0 Å². The van der Waals surface area contributed by atoms with Gasteiger partial charge in [-0.2, -0.15) is 0 Å². The van der Waals surface area contributed by atoms with Gasteiger partial charge in [0.15, 0.2) is 0 Å². The molecular weight excluding hydrogens is 312 g/mol. The Morgan fingerprint density at radius 2 is 1.92 bits per heavy atom. The van der Waals surface area contributed by atoms with Crippen molar-refractivity contribution in [1.29, 1.82) is 0 Å². The first-order chi connectivity index (χ1) is 12.3. The van der Waals surface area contributed by atoms with Crippen molar-refractivity contribution < 1.29 is 4.42 Å². The molecule has 1 saturated carbocycles. The van der Waals surface area contributed by atoms with E-state index in [0.29, 0.717) is 12.0 Å². The van der Waals surface area contributed by atoms with E-state index in [4.69, 9.17) is 4.42 Å². The van der Waals surface area contributed by atoms with Gasteiger partial charge < -0.3 is 4.42 Å². The summed E-state index contributed by atoms with van der Waals surface area (Å²) in [6, 6.07) is 11.3. The lowest BCUT2D eigenvalue weighted by atomic mass is 9.85. The summed E-state index contributed by atoms with van der Waals surface area (Å²) in [7, 11) is 0. The lowest BCUT2D eigenvalue weighted by Crippen LogP contribution is -2.52. The van der Waals surface area contributed by atoms with Crippen molar-refractivity contribution >= 4 is 0 Å². The van der Waals surface area contributed by atoms with Crippen LogP contribution in [0.2, 0.25) is 0 Å². The predicted octanol–water partition coefficient (Wildman–Crippen LogP) is 3.43. The van der Waals surface area contributed by atoms with Crippen LogP contribution in [0.3, 0.4) is 0 Å². The van der Waals surface area contributed by atoms with Gasteiger partial charge in [-0.3, -0.25) is 9.80 Å². The fourth-order valence-corrected chi connectivity index (χ4v) is 3.86. The molecule has 0 unspecified atom stereocenters. The lowest BCUT2D eigenvalue weighted by molar-refractivity contribution is 0.0553. The third kappa shape index (κ3) is 3.93. The van der Waals surface area contributed by atoms with Crippen molar-refractivity contribution in [3.8, 4) is 0 Å². The van der Waals surface area contributed by atoms with Crippen LogP contribution in [-0.2, 0) is 13.1 Å². The minimum atomic E-state index is 0.519. The summed E-state index contributed by atoms with van der Waals surface area (Å²) in [5.41, 5.74) is 1.40. The van der Waals surface area contributed by atoms with E-state index in [1.54, 1.807) is 0 Å². The highest BCUT2D eigenvalue weighted by Crippen LogP contribution is 2.35. The summed E-state index contributed by atoms with van der Waals surface area (Å²) in [6.07, 6.45) is 4.85. The molecule has 2 aliphatic rings. The number of nitrogens with zero attached hydrogens (tertiary/aromatic N) is 4. The Kier molecular flexibility index (Phi) is 5.13. The van der Waals surface area contributed by atoms with Gasteiger partial charge in [0.25, 0.3) is 0 Å². The number of rotatable bonds is 6. The minimum absolute atomic E-state index is 0.519. The molecule has 5 nitrogen and oxygen atoms in total. The second-order valence-electron chi connectivity index (χ2n) is 7.42. The number of benzene rings is 1. The van der Waals surface area contributed by atoms with E-state index in [9.17, 15) is 0 Å². The summed E-state index contributed by atoms with van der Waals surface area (Å²) < 4.78 is 5.93. The Morgan fingerprint density at radius 1 is 1.08 bits per heavy atom. The third-order valence-corrected chi connectivity index (χ3v) is 5.68. The van der Waals surface area contributed by atoms with Gasteiger partial charge >= 0.3 is 0 Å². The zero-order valence-electron chi connectivity index (χ0n) is 15.1. The van der Waals surface area contributed by atoms with Gasteiger partial charge in [0, 0.05) is 38.1 Å². The first kappa shape index (κ1) is 16.7. The van der Waals surface area contributed by atoms with Gasteiger partial charge in [-0.1, -0.05) is 43.7 Å². The maximum atomic E-state index is 5.93. The average Bonchev–Trinajstić information content (AvgIpc) is 3.03. The van der Waals surface area contributed by atoms with Crippen LogP contribution in [0.1, 0.15) is 55.9 Å². The highest BCUT2D eigenvalue weighted by molar-refractivity contribution is 5.14. The highest BCUT2D eigenvalue weighted by Gasteiger charge is 2.29. The van der Waals surface area contributed by atoms with Gasteiger partial charge in [-0.05, 0) is 24.8 Å². The Balaban J connectivity index is 1.34. The maximum Gasteiger partial charge on any atom is 0.230 e. The van der Waals surface area contributed by atoms with E-state index < -0.39 is 0 Å². The highest BCUT2D eigenvalue weighted by atomic mass is 16.4. The molecule has 4 rings (SSSR count). The Hall–Kier alpha value is -1.72. The molecule has 1 saturated heterocycles. The zero-order chi connectivity index (χ0) is 17.1. The standard InChI is InChI=1S/C20H28N4O/c1-2-18-14-23(13-16-7-4-3-5-8-16)11-12-24(18)15-19-21-22-20(25-19)17-9-6-10-17/h3-5,7-8,17-18H,2,6,9-15H2,1H3/t18-/m1/s1. The molecule has 0 N–H and O–H groups in total. The molecule has 134 valence electrons. The van der Waals surface area contributed by atoms with E-state index in [2.05, 4.69) is 57.3 Å². The molecule has 2 aromatic rings. The molecule has 0 bridgehead atoms. The monoisotopic (exact) mass is 340 g/mol. The number of hydrogen-bond acceptors (Lipinski definition) is 5. The molecule has 1 atom stereocenters. The number of hydrogen-bond donors (Lipinski definition) is 0. The van der Waals surface area contributed by atoms with E-state index in [-0.39, 0.29) is 0 Å². The number of piperazine rings is 1. The van der Waals surface area contributed by atoms with Crippen molar-refractivity contribution in [2.75, 3.05) is 19.6 Å². The molecule has 0 radical (unpaired) electrons. The Bertz CT molecular complexity index is 667. The van der Waals surface area contributed by atoms with Crippen LogP contribution >= 0.6 is 0 Å². The third-order valence-electron chi connectivity index (χ3n) is 5.68. The van der Waals surface area contributed by atoms with Crippen molar-refractivity contribution in [1.82, 2.24) is 20.0 Å². The first-order valence-electron chi connectivity index (χ1n) is 9.64. The van der Waals surface area contributed by atoms with Gasteiger partial charge in [-0.25, -0.2) is 0 Å². The molecule has 1 aromatic carbocycles. The summed E-state index contributed by atoms with van der Waals surface area (Å²) in [5.74, 6) is 2.17. The van der Waals surface area contributed by atoms with Gasteiger partial charge in [-0.15, -0.1) is 10.2 Å². The second kappa shape index (κ2) is 7.67. The van der Waals surface area contributed by atoms with Crippen LogP contribution in [0.5, 0.6) is 0 Å². The predicted molar refractivity (Wildman–Crippen MR) is 97.1 cm³/mol. The molecule has 2 fully saturated rings. The van der Waals surface area contributed by atoms with Crippen molar-refractivity contribution in [2.24, 2.45) is 0 Å². The molecule has 25 heavy (non-hydrogen) atoms. The molecule has 1 aromatic heterocycles. The topological polar surface area (TPSA) is 45.4 Å². The molecule has 0 spiro atoms. The lowest BCUT2D eigenvalue weighted by Gasteiger charge is -2.40. The first-order valence-corrected chi connectivity index (χ1v) is 9.64.